The normalized spacial score (nSPS) is 13.9. The van der Waals surface area contributed by atoms with Crippen molar-refractivity contribution in [2.45, 2.75) is 24.7 Å². The molecule has 0 atom stereocenters. The Morgan fingerprint density at radius 2 is 0.833 bits per heavy atom. The van der Waals surface area contributed by atoms with E-state index in [1.54, 1.807) is 0 Å². The van der Waals surface area contributed by atoms with Crippen molar-refractivity contribution in [2.24, 2.45) is 0 Å². The zero-order valence-electron chi connectivity index (χ0n) is 33.7. The van der Waals surface area contributed by atoms with Crippen LogP contribution in [-0.2, 0) is 10.8 Å². The van der Waals surface area contributed by atoms with Crippen LogP contribution in [0.15, 0.2) is 224 Å². The average molecular weight is 770 g/mol. The smallest absolute Gasteiger partial charge is 0.140 e. The minimum atomic E-state index is -0.577. The van der Waals surface area contributed by atoms with Crippen LogP contribution in [0.1, 0.15) is 47.2 Å². The molecule has 2 aliphatic rings. The second kappa shape index (κ2) is 14.1. The van der Waals surface area contributed by atoms with E-state index in [4.69, 9.17) is 4.74 Å². The first-order valence-corrected chi connectivity index (χ1v) is 20.8. The molecule has 0 N–H and O–H groups in total. The first-order chi connectivity index (χ1) is 29.5. The van der Waals surface area contributed by atoms with Crippen LogP contribution in [0, 0.1) is 0 Å². The van der Waals surface area contributed by atoms with Crippen LogP contribution >= 0.6 is 0 Å². The molecule has 1 heterocycles. The molecule has 1 aliphatic heterocycles. The van der Waals surface area contributed by atoms with Crippen molar-refractivity contribution in [1.82, 2.24) is 0 Å². The monoisotopic (exact) mass is 769 g/mol. The molecular formula is C58H43NO. The Hall–Kier alpha value is -7.42. The van der Waals surface area contributed by atoms with Gasteiger partial charge in [-0.05, 0) is 92.5 Å². The van der Waals surface area contributed by atoms with E-state index in [0.29, 0.717) is 0 Å². The molecule has 0 unspecified atom stereocenters. The summed E-state index contributed by atoms with van der Waals surface area (Å²) < 4.78 is 7.00. The summed E-state index contributed by atoms with van der Waals surface area (Å²) in [5, 5.41) is 0. The molecule has 1 aliphatic carbocycles. The Morgan fingerprint density at radius 1 is 0.350 bits per heavy atom. The first kappa shape index (κ1) is 35.7. The van der Waals surface area contributed by atoms with Crippen molar-refractivity contribution in [3.8, 4) is 44.9 Å². The fourth-order valence-corrected chi connectivity index (χ4v) is 9.96. The summed E-state index contributed by atoms with van der Waals surface area (Å²) in [5.74, 6) is 1.75. The van der Waals surface area contributed by atoms with Gasteiger partial charge in [-0.15, -0.1) is 0 Å². The highest BCUT2D eigenvalue weighted by molar-refractivity contribution is 5.87. The summed E-state index contributed by atoms with van der Waals surface area (Å²) in [4.78, 5) is 2.39. The van der Waals surface area contributed by atoms with Gasteiger partial charge < -0.3 is 9.64 Å². The molecule has 2 nitrogen and oxygen atoms in total. The largest absolute Gasteiger partial charge is 0.456 e. The number of nitrogens with zero attached hydrogens (tertiary/aromatic N) is 1. The maximum atomic E-state index is 7.00. The summed E-state index contributed by atoms with van der Waals surface area (Å²) in [6, 6.07) is 81.3. The lowest BCUT2D eigenvalue weighted by Gasteiger charge is -2.42. The van der Waals surface area contributed by atoms with Crippen molar-refractivity contribution in [2.75, 3.05) is 4.90 Å². The molecule has 2 heteroatoms. The van der Waals surface area contributed by atoms with Gasteiger partial charge in [-0.3, -0.25) is 0 Å². The summed E-state index contributed by atoms with van der Waals surface area (Å²) in [7, 11) is 0. The minimum Gasteiger partial charge on any atom is -0.456 e. The van der Waals surface area contributed by atoms with E-state index in [-0.39, 0.29) is 5.41 Å². The van der Waals surface area contributed by atoms with E-state index in [2.05, 4.69) is 243 Å². The third-order valence-corrected chi connectivity index (χ3v) is 12.8. The molecule has 9 aromatic carbocycles. The lowest BCUT2D eigenvalue weighted by molar-refractivity contribution is 0.436. The van der Waals surface area contributed by atoms with E-state index in [9.17, 15) is 0 Å². The number of ether oxygens (including phenoxy) is 1. The van der Waals surface area contributed by atoms with E-state index in [0.717, 1.165) is 50.8 Å². The lowest BCUT2D eigenvalue weighted by Crippen LogP contribution is -2.34. The standard InChI is InChI=1S/C58H43NO/c1-57(2)51-25-13-12-23-49(51)50-38-37-47(39-54(50)57)59(45-33-29-41(30-34-45)40-17-6-3-7-18-40)46-35-31-42(32-36-46)48-24-16-27-53-56(48)60-55-28-15-14-26-52(55)58(53,43-19-8-4-9-20-43)44-21-10-5-11-22-44/h3-39H,1-2H3. The first-order valence-electron chi connectivity index (χ1n) is 20.8. The van der Waals surface area contributed by atoms with Crippen LogP contribution in [0.25, 0.3) is 33.4 Å². The van der Waals surface area contributed by atoms with Crippen molar-refractivity contribution in [1.29, 1.82) is 0 Å². The van der Waals surface area contributed by atoms with E-state index < -0.39 is 5.41 Å². The Morgan fingerprint density at radius 3 is 1.50 bits per heavy atom. The van der Waals surface area contributed by atoms with Gasteiger partial charge in [0.2, 0.25) is 0 Å². The molecule has 11 rings (SSSR count). The summed E-state index contributed by atoms with van der Waals surface area (Å²) in [6.45, 7) is 4.70. The molecule has 0 fully saturated rings. The Balaban J connectivity index is 1.05. The highest BCUT2D eigenvalue weighted by atomic mass is 16.5. The third kappa shape index (κ3) is 5.56. The Labute approximate surface area is 352 Å². The lowest BCUT2D eigenvalue weighted by atomic mass is 9.63. The second-order valence-electron chi connectivity index (χ2n) is 16.5. The van der Waals surface area contributed by atoms with Crippen LogP contribution in [0.5, 0.6) is 11.5 Å². The fraction of sp³-hybridized carbons (Fsp3) is 0.0690. The number of hydrogen-bond acceptors (Lipinski definition) is 2. The molecule has 0 radical (unpaired) electrons. The van der Waals surface area contributed by atoms with Crippen molar-refractivity contribution in [3.05, 3.63) is 258 Å². The SMILES string of the molecule is CC1(C)c2ccccc2-c2ccc(N(c3ccc(-c4ccccc4)cc3)c3ccc(-c4cccc5c4Oc4ccccc4C5(c4ccccc4)c4ccccc4)cc3)cc21. The van der Waals surface area contributed by atoms with Crippen molar-refractivity contribution >= 4 is 17.1 Å². The third-order valence-electron chi connectivity index (χ3n) is 12.8. The Bertz CT molecular complexity index is 2970. The van der Waals surface area contributed by atoms with Crippen LogP contribution in [-0.4, -0.2) is 0 Å². The molecule has 0 amide bonds. The molecule has 0 spiro atoms. The van der Waals surface area contributed by atoms with Crippen molar-refractivity contribution < 1.29 is 4.74 Å². The summed E-state index contributed by atoms with van der Waals surface area (Å²) in [6.07, 6.45) is 0. The number of fused-ring (bicyclic) bond motifs is 5. The van der Waals surface area contributed by atoms with Gasteiger partial charge in [-0.2, -0.15) is 0 Å². The van der Waals surface area contributed by atoms with Gasteiger partial charge >= 0.3 is 0 Å². The van der Waals surface area contributed by atoms with E-state index in [1.807, 2.05) is 0 Å². The molecule has 0 aromatic heterocycles. The molecular weight excluding hydrogens is 727 g/mol. The van der Waals surface area contributed by atoms with Crippen LogP contribution < -0.4 is 9.64 Å². The molecule has 0 saturated carbocycles. The molecule has 9 aromatic rings. The minimum absolute atomic E-state index is 0.117. The molecule has 60 heavy (non-hydrogen) atoms. The number of anilines is 3. The summed E-state index contributed by atoms with van der Waals surface area (Å²) in [5.41, 5.74) is 17.2. The highest BCUT2D eigenvalue weighted by Crippen LogP contribution is 2.57. The zero-order chi connectivity index (χ0) is 40.3. The number of rotatable bonds is 7. The maximum Gasteiger partial charge on any atom is 0.140 e. The fourth-order valence-electron chi connectivity index (χ4n) is 9.96. The maximum absolute atomic E-state index is 7.00. The molecule has 286 valence electrons. The number of benzene rings is 9. The summed E-state index contributed by atoms with van der Waals surface area (Å²) >= 11 is 0. The predicted octanol–water partition coefficient (Wildman–Crippen LogP) is 15.3. The second-order valence-corrected chi connectivity index (χ2v) is 16.5. The number of hydrogen-bond donors (Lipinski definition) is 0. The van der Waals surface area contributed by atoms with Gasteiger partial charge in [0.1, 0.15) is 11.5 Å². The van der Waals surface area contributed by atoms with Crippen LogP contribution in [0.3, 0.4) is 0 Å². The topological polar surface area (TPSA) is 12.5 Å². The average Bonchev–Trinajstić information content (AvgIpc) is 3.54. The van der Waals surface area contributed by atoms with E-state index >= 15 is 0 Å². The number of para-hydroxylation sites is 2. The predicted molar refractivity (Wildman–Crippen MR) is 248 cm³/mol. The highest BCUT2D eigenvalue weighted by Gasteiger charge is 2.46. The van der Waals surface area contributed by atoms with Gasteiger partial charge in [0.25, 0.3) is 0 Å². The molecule has 0 saturated heterocycles. The van der Waals surface area contributed by atoms with Gasteiger partial charge in [-0.1, -0.05) is 196 Å². The Kier molecular flexibility index (Phi) is 8.42. The quantitative estimate of drug-likeness (QED) is 0.160. The van der Waals surface area contributed by atoms with Crippen molar-refractivity contribution in [3.63, 3.8) is 0 Å². The van der Waals surface area contributed by atoms with Gasteiger partial charge in [0.15, 0.2) is 0 Å². The van der Waals surface area contributed by atoms with Crippen LogP contribution in [0.4, 0.5) is 17.1 Å². The zero-order valence-corrected chi connectivity index (χ0v) is 33.7. The van der Waals surface area contributed by atoms with Crippen LogP contribution in [0.2, 0.25) is 0 Å². The van der Waals surface area contributed by atoms with Gasteiger partial charge in [0.05, 0.1) is 5.41 Å². The van der Waals surface area contributed by atoms with Gasteiger partial charge in [0, 0.05) is 39.2 Å². The van der Waals surface area contributed by atoms with E-state index in [1.165, 1.54) is 44.5 Å². The van der Waals surface area contributed by atoms with Gasteiger partial charge in [-0.25, -0.2) is 0 Å². The molecule has 0 bridgehead atoms.